The van der Waals surface area contributed by atoms with Crippen LogP contribution in [0.2, 0.25) is 0 Å². The molecule has 0 aliphatic carbocycles. The number of carbonyl (C=O) groups excluding carboxylic acids is 2. The Morgan fingerprint density at radius 1 is 0.676 bits per heavy atom. The maximum Gasteiger partial charge on any atom is 0.262 e. The van der Waals surface area contributed by atoms with Gasteiger partial charge in [-0.1, -0.05) is 63.2 Å². The molecule has 0 aromatic heterocycles. The molecule has 4 rings (SSSR count). The van der Waals surface area contributed by atoms with Crippen LogP contribution in [0.25, 0.3) is 0 Å². The van der Waals surface area contributed by atoms with E-state index in [0.717, 1.165) is 11.4 Å². The molecular weight excluding hydrogens is 462 g/mol. The zero-order chi connectivity index (χ0) is 26.3. The van der Waals surface area contributed by atoms with Crippen molar-refractivity contribution < 1.29 is 14.3 Å². The summed E-state index contributed by atoms with van der Waals surface area (Å²) in [5.74, 6) is -0.0609. The van der Waals surface area contributed by atoms with E-state index in [-0.39, 0.29) is 23.8 Å². The molecule has 4 aromatic rings. The van der Waals surface area contributed by atoms with Gasteiger partial charge < -0.3 is 20.7 Å². The fourth-order valence-electron chi connectivity index (χ4n) is 3.70. The van der Waals surface area contributed by atoms with Crippen molar-refractivity contribution in [3.05, 3.63) is 114 Å². The van der Waals surface area contributed by atoms with Crippen molar-refractivity contribution in [2.24, 2.45) is 0 Å². The van der Waals surface area contributed by atoms with Gasteiger partial charge in [-0.25, -0.2) is 0 Å². The van der Waals surface area contributed by atoms with E-state index < -0.39 is 0 Å². The van der Waals surface area contributed by atoms with Gasteiger partial charge in [0.1, 0.15) is 5.75 Å². The summed E-state index contributed by atoms with van der Waals surface area (Å²) < 4.78 is 5.64. The van der Waals surface area contributed by atoms with Gasteiger partial charge in [-0.05, 0) is 71.6 Å². The Kier molecular flexibility index (Phi) is 7.89. The predicted molar refractivity (Wildman–Crippen MR) is 150 cm³/mol. The van der Waals surface area contributed by atoms with E-state index in [2.05, 4.69) is 36.7 Å². The number of ether oxygens (including phenoxy) is 1. The lowest BCUT2D eigenvalue weighted by Gasteiger charge is -2.19. The second-order valence-electron chi connectivity index (χ2n) is 9.68. The van der Waals surface area contributed by atoms with Gasteiger partial charge in [-0.3, -0.25) is 9.59 Å². The third kappa shape index (κ3) is 7.21. The monoisotopic (exact) mass is 493 g/mol. The maximum atomic E-state index is 13.0. The number of hydrogen-bond donors (Lipinski definition) is 3. The number of para-hydroxylation sites is 2. The lowest BCUT2D eigenvalue weighted by atomic mass is 9.87. The average Bonchev–Trinajstić information content (AvgIpc) is 2.89. The lowest BCUT2D eigenvalue weighted by Crippen LogP contribution is -2.22. The van der Waals surface area contributed by atoms with Crippen LogP contribution in [-0.4, -0.2) is 18.4 Å². The smallest absolute Gasteiger partial charge is 0.262 e. The maximum absolute atomic E-state index is 13.0. The number of carbonyl (C=O) groups is 2. The van der Waals surface area contributed by atoms with Crippen LogP contribution in [0, 0.1) is 0 Å². The van der Waals surface area contributed by atoms with Crippen molar-refractivity contribution in [2.75, 3.05) is 22.6 Å². The summed E-state index contributed by atoms with van der Waals surface area (Å²) in [5, 5.41) is 8.98. The van der Waals surface area contributed by atoms with Crippen molar-refractivity contribution in [3.8, 4) is 5.75 Å². The van der Waals surface area contributed by atoms with Gasteiger partial charge in [0.25, 0.3) is 11.8 Å². The third-order valence-corrected chi connectivity index (χ3v) is 5.74. The predicted octanol–water partition coefficient (Wildman–Crippen LogP) is 7.00. The zero-order valence-electron chi connectivity index (χ0n) is 21.2. The van der Waals surface area contributed by atoms with Crippen LogP contribution in [-0.2, 0) is 10.2 Å². The van der Waals surface area contributed by atoms with Crippen LogP contribution in [0.4, 0.5) is 22.7 Å². The van der Waals surface area contributed by atoms with Gasteiger partial charge >= 0.3 is 0 Å². The second-order valence-corrected chi connectivity index (χ2v) is 9.68. The molecule has 6 nitrogen and oxygen atoms in total. The topological polar surface area (TPSA) is 79.5 Å². The van der Waals surface area contributed by atoms with Crippen molar-refractivity contribution in [3.63, 3.8) is 0 Å². The number of rotatable bonds is 8. The Hall–Kier alpha value is -4.58. The van der Waals surface area contributed by atoms with Crippen LogP contribution < -0.4 is 20.7 Å². The van der Waals surface area contributed by atoms with E-state index in [0.29, 0.717) is 22.7 Å². The molecule has 0 saturated carbocycles. The van der Waals surface area contributed by atoms with E-state index >= 15 is 0 Å². The van der Waals surface area contributed by atoms with Gasteiger partial charge in [-0.2, -0.15) is 0 Å². The van der Waals surface area contributed by atoms with Gasteiger partial charge in [0.05, 0.1) is 11.3 Å². The van der Waals surface area contributed by atoms with E-state index in [1.54, 1.807) is 24.3 Å². The molecule has 0 fully saturated rings. The molecule has 3 N–H and O–H groups in total. The molecule has 0 spiro atoms. The molecule has 0 bridgehead atoms. The molecule has 4 aromatic carbocycles. The Balaban J connectivity index is 1.34. The van der Waals surface area contributed by atoms with Gasteiger partial charge in [0.2, 0.25) is 0 Å². The van der Waals surface area contributed by atoms with E-state index in [1.165, 1.54) is 5.56 Å². The van der Waals surface area contributed by atoms with Crippen LogP contribution >= 0.6 is 0 Å². The summed E-state index contributed by atoms with van der Waals surface area (Å²) in [4.78, 5) is 25.5. The summed E-state index contributed by atoms with van der Waals surface area (Å²) in [5.41, 5.74) is 4.54. The molecule has 2 amide bonds. The van der Waals surface area contributed by atoms with Crippen molar-refractivity contribution in [1.29, 1.82) is 0 Å². The second kappa shape index (κ2) is 11.4. The lowest BCUT2D eigenvalue weighted by molar-refractivity contribution is -0.118. The highest BCUT2D eigenvalue weighted by molar-refractivity contribution is 6.10. The van der Waals surface area contributed by atoms with Crippen LogP contribution in [0.3, 0.4) is 0 Å². The van der Waals surface area contributed by atoms with E-state index in [9.17, 15) is 9.59 Å². The quantitative estimate of drug-likeness (QED) is 0.247. The molecule has 0 radical (unpaired) electrons. The normalized spacial score (nSPS) is 10.9. The average molecular weight is 494 g/mol. The molecule has 0 heterocycles. The summed E-state index contributed by atoms with van der Waals surface area (Å²) >= 11 is 0. The number of nitrogens with one attached hydrogen (secondary N) is 3. The molecule has 188 valence electrons. The molecule has 6 heteroatoms. The van der Waals surface area contributed by atoms with E-state index in [1.807, 2.05) is 78.9 Å². The molecule has 37 heavy (non-hydrogen) atoms. The van der Waals surface area contributed by atoms with Crippen molar-refractivity contribution in [1.82, 2.24) is 0 Å². The fourth-order valence-corrected chi connectivity index (χ4v) is 3.70. The standard InChI is InChI=1S/C31H31N3O3/c1-31(2,3)22-13-19-26(20-14-22)37-21-29(35)34-28-12-8-7-11-27(28)30(36)33-25-17-15-24(16-18-25)32-23-9-5-4-6-10-23/h4-20,32H,21H2,1-3H3,(H,33,36)(H,34,35). The summed E-state index contributed by atoms with van der Waals surface area (Å²) in [7, 11) is 0. The minimum atomic E-state index is -0.350. The van der Waals surface area contributed by atoms with Crippen LogP contribution in [0.1, 0.15) is 36.7 Å². The molecule has 0 saturated heterocycles. The van der Waals surface area contributed by atoms with Crippen LogP contribution in [0.5, 0.6) is 5.75 Å². The minimum Gasteiger partial charge on any atom is -0.484 e. The molecular formula is C31H31N3O3. The van der Waals surface area contributed by atoms with Crippen molar-refractivity contribution in [2.45, 2.75) is 26.2 Å². The number of hydrogen-bond acceptors (Lipinski definition) is 4. The van der Waals surface area contributed by atoms with Gasteiger partial charge in [0.15, 0.2) is 6.61 Å². The minimum absolute atomic E-state index is 0.0429. The first-order valence-corrected chi connectivity index (χ1v) is 12.1. The summed E-state index contributed by atoms with van der Waals surface area (Å²) in [6, 6.07) is 31.9. The van der Waals surface area contributed by atoms with Gasteiger partial charge in [-0.15, -0.1) is 0 Å². The molecule has 0 aliphatic heterocycles. The zero-order valence-corrected chi connectivity index (χ0v) is 21.2. The summed E-state index contributed by atoms with van der Waals surface area (Å²) in [6.45, 7) is 6.26. The highest BCUT2D eigenvalue weighted by atomic mass is 16.5. The number of amides is 2. The highest BCUT2D eigenvalue weighted by Gasteiger charge is 2.15. The summed E-state index contributed by atoms with van der Waals surface area (Å²) in [6.07, 6.45) is 0. The van der Waals surface area contributed by atoms with E-state index in [4.69, 9.17) is 4.74 Å². The Labute approximate surface area is 217 Å². The first kappa shape index (κ1) is 25.5. The molecule has 0 unspecified atom stereocenters. The highest BCUT2D eigenvalue weighted by Crippen LogP contribution is 2.25. The third-order valence-electron chi connectivity index (χ3n) is 5.74. The first-order chi connectivity index (χ1) is 17.8. The Morgan fingerprint density at radius 2 is 1.27 bits per heavy atom. The number of anilines is 4. The SMILES string of the molecule is CC(C)(C)c1ccc(OCC(=O)Nc2ccccc2C(=O)Nc2ccc(Nc3ccccc3)cc2)cc1. The first-order valence-electron chi connectivity index (χ1n) is 12.1. The largest absolute Gasteiger partial charge is 0.484 e. The van der Waals surface area contributed by atoms with Crippen LogP contribution in [0.15, 0.2) is 103 Å². The molecule has 0 atom stereocenters. The Bertz CT molecular complexity index is 1340. The van der Waals surface area contributed by atoms with Crippen molar-refractivity contribution >= 4 is 34.6 Å². The number of benzene rings is 4. The molecule has 0 aliphatic rings. The van der Waals surface area contributed by atoms with Gasteiger partial charge in [0, 0.05) is 17.1 Å². The fraction of sp³-hybridized carbons (Fsp3) is 0.161. The Morgan fingerprint density at radius 3 is 1.95 bits per heavy atom.